The highest BCUT2D eigenvalue weighted by Crippen LogP contribution is 2.31. The SMILES string of the molecule is CCN(CC)[C@@H](C)C1(C)CCCO1. The fourth-order valence-electron chi connectivity index (χ4n) is 2.29. The lowest BCUT2D eigenvalue weighted by molar-refractivity contribution is -0.0447. The molecule has 0 saturated carbocycles. The molecule has 1 fully saturated rings. The largest absolute Gasteiger partial charge is 0.374 e. The molecule has 0 aromatic rings. The molecule has 1 saturated heterocycles. The lowest BCUT2D eigenvalue weighted by Crippen LogP contribution is -2.48. The van der Waals surface area contributed by atoms with Gasteiger partial charge in [-0.05, 0) is 39.8 Å². The van der Waals surface area contributed by atoms with Crippen LogP contribution in [0.1, 0.15) is 40.5 Å². The second-order valence-electron chi connectivity index (χ2n) is 4.16. The zero-order chi connectivity index (χ0) is 9.90. The maximum Gasteiger partial charge on any atom is 0.0807 e. The molecule has 0 N–H and O–H groups in total. The van der Waals surface area contributed by atoms with E-state index in [-0.39, 0.29) is 5.60 Å². The van der Waals surface area contributed by atoms with Gasteiger partial charge in [0, 0.05) is 12.6 Å². The van der Waals surface area contributed by atoms with Crippen molar-refractivity contribution < 1.29 is 4.74 Å². The van der Waals surface area contributed by atoms with Gasteiger partial charge in [-0.15, -0.1) is 0 Å². The van der Waals surface area contributed by atoms with Crippen LogP contribution in [0.3, 0.4) is 0 Å². The van der Waals surface area contributed by atoms with Crippen molar-refractivity contribution in [3.63, 3.8) is 0 Å². The highest BCUT2D eigenvalue weighted by atomic mass is 16.5. The summed E-state index contributed by atoms with van der Waals surface area (Å²) in [4.78, 5) is 2.48. The average molecular weight is 185 g/mol. The Morgan fingerprint density at radius 1 is 1.38 bits per heavy atom. The Kier molecular flexibility index (Phi) is 3.74. The summed E-state index contributed by atoms with van der Waals surface area (Å²) >= 11 is 0. The number of rotatable bonds is 4. The van der Waals surface area contributed by atoms with E-state index >= 15 is 0 Å². The first kappa shape index (κ1) is 11.0. The van der Waals surface area contributed by atoms with Crippen LogP contribution >= 0.6 is 0 Å². The second kappa shape index (κ2) is 4.43. The molecule has 78 valence electrons. The van der Waals surface area contributed by atoms with E-state index in [4.69, 9.17) is 4.74 Å². The maximum atomic E-state index is 5.85. The number of hydrogen-bond acceptors (Lipinski definition) is 2. The van der Waals surface area contributed by atoms with Gasteiger partial charge < -0.3 is 4.74 Å². The first-order valence-electron chi connectivity index (χ1n) is 5.52. The van der Waals surface area contributed by atoms with E-state index < -0.39 is 0 Å². The summed E-state index contributed by atoms with van der Waals surface area (Å²) in [5.74, 6) is 0. The average Bonchev–Trinajstić information content (AvgIpc) is 2.55. The Morgan fingerprint density at radius 2 is 2.00 bits per heavy atom. The molecule has 0 radical (unpaired) electrons. The van der Waals surface area contributed by atoms with Crippen molar-refractivity contribution in [1.29, 1.82) is 0 Å². The Bertz CT molecular complexity index is 148. The van der Waals surface area contributed by atoms with Crippen LogP contribution in [-0.2, 0) is 4.74 Å². The summed E-state index contributed by atoms with van der Waals surface area (Å²) in [7, 11) is 0. The van der Waals surface area contributed by atoms with Crippen LogP contribution in [0.25, 0.3) is 0 Å². The van der Waals surface area contributed by atoms with Gasteiger partial charge in [0.25, 0.3) is 0 Å². The minimum atomic E-state index is 0.103. The third-order valence-electron chi connectivity index (χ3n) is 3.49. The summed E-state index contributed by atoms with van der Waals surface area (Å²) in [6.07, 6.45) is 2.44. The van der Waals surface area contributed by atoms with Gasteiger partial charge in [-0.25, -0.2) is 0 Å². The molecule has 0 aliphatic carbocycles. The minimum Gasteiger partial charge on any atom is -0.374 e. The topological polar surface area (TPSA) is 12.5 Å². The lowest BCUT2D eigenvalue weighted by Gasteiger charge is -2.38. The third kappa shape index (κ3) is 2.23. The van der Waals surface area contributed by atoms with Crippen molar-refractivity contribution in [2.45, 2.75) is 52.2 Å². The van der Waals surface area contributed by atoms with Crippen LogP contribution in [0.5, 0.6) is 0 Å². The normalized spacial score (nSPS) is 31.2. The van der Waals surface area contributed by atoms with Gasteiger partial charge in [-0.1, -0.05) is 13.8 Å². The molecule has 13 heavy (non-hydrogen) atoms. The van der Waals surface area contributed by atoms with Crippen LogP contribution in [0, 0.1) is 0 Å². The molecule has 2 heteroatoms. The van der Waals surface area contributed by atoms with E-state index in [1.54, 1.807) is 0 Å². The molecule has 0 spiro atoms. The van der Waals surface area contributed by atoms with Crippen molar-refractivity contribution in [1.82, 2.24) is 4.90 Å². The zero-order valence-corrected chi connectivity index (χ0v) is 9.47. The smallest absolute Gasteiger partial charge is 0.0807 e. The summed E-state index contributed by atoms with van der Waals surface area (Å²) in [6.45, 7) is 12.2. The molecule has 0 bridgehead atoms. The Balaban J connectivity index is 2.58. The van der Waals surface area contributed by atoms with Crippen molar-refractivity contribution in [3.8, 4) is 0 Å². The van der Waals surface area contributed by atoms with Gasteiger partial charge in [0.1, 0.15) is 0 Å². The fraction of sp³-hybridized carbons (Fsp3) is 1.00. The standard InChI is InChI=1S/C11H23NO/c1-5-12(6-2)10(3)11(4)8-7-9-13-11/h10H,5-9H2,1-4H3/t10-,11?/m0/s1. The number of likely N-dealkylation sites (N-methyl/N-ethyl adjacent to an activating group) is 1. The van der Waals surface area contributed by atoms with Crippen LogP contribution in [0.2, 0.25) is 0 Å². The van der Waals surface area contributed by atoms with E-state index in [9.17, 15) is 0 Å². The predicted octanol–water partition coefficient (Wildman–Crippen LogP) is 2.29. The molecule has 1 unspecified atom stereocenters. The number of hydrogen-bond donors (Lipinski definition) is 0. The molecule has 1 aliphatic rings. The summed E-state index contributed by atoms with van der Waals surface area (Å²) < 4.78 is 5.85. The Morgan fingerprint density at radius 3 is 2.38 bits per heavy atom. The molecular weight excluding hydrogens is 162 g/mol. The van der Waals surface area contributed by atoms with Gasteiger partial charge in [-0.2, -0.15) is 0 Å². The molecule has 1 rings (SSSR count). The van der Waals surface area contributed by atoms with Crippen LogP contribution < -0.4 is 0 Å². The van der Waals surface area contributed by atoms with Crippen molar-refractivity contribution >= 4 is 0 Å². The summed E-state index contributed by atoms with van der Waals surface area (Å²) in [5.41, 5.74) is 0.103. The zero-order valence-electron chi connectivity index (χ0n) is 9.47. The predicted molar refractivity (Wildman–Crippen MR) is 56.0 cm³/mol. The molecular formula is C11H23NO. The van der Waals surface area contributed by atoms with Crippen LogP contribution in [0.15, 0.2) is 0 Å². The Labute approximate surface area is 82.3 Å². The highest BCUT2D eigenvalue weighted by Gasteiger charge is 2.37. The fourth-order valence-corrected chi connectivity index (χ4v) is 2.29. The van der Waals surface area contributed by atoms with E-state index in [0.717, 1.165) is 19.7 Å². The number of nitrogens with zero attached hydrogens (tertiary/aromatic N) is 1. The van der Waals surface area contributed by atoms with Gasteiger partial charge in [0.15, 0.2) is 0 Å². The molecule has 2 atom stereocenters. The van der Waals surface area contributed by atoms with E-state index in [1.165, 1.54) is 12.8 Å². The third-order valence-corrected chi connectivity index (χ3v) is 3.49. The summed E-state index contributed by atoms with van der Waals surface area (Å²) in [6, 6.07) is 0.546. The minimum absolute atomic E-state index is 0.103. The van der Waals surface area contributed by atoms with Gasteiger partial charge in [0.05, 0.1) is 5.60 Å². The van der Waals surface area contributed by atoms with Gasteiger partial charge >= 0.3 is 0 Å². The molecule has 0 aromatic carbocycles. The van der Waals surface area contributed by atoms with E-state index in [0.29, 0.717) is 6.04 Å². The maximum absolute atomic E-state index is 5.85. The van der Waals surface area contributed by atoms with Crippen molar-refractivity contribution in [3.05, 3.63) is 0 Å². The highest BCUT2D eigenvalue weighted by molar-refractivity contribution is 4.90. The van der Waals surface area contributed by atoms with E-state index in [2.05, 4.69) is 32.6 Å². The Hall–Kier alpha value is -0.0800. The van der Waals surface area contributed by atoms with Crippen LogP contribution in [0.4, 0.5) is 0 Å². The molecule has 0 aromatic heterocycles. The van der Waals surface area contributed by atoms with Gasteiger partial charge in [0.2, 0.25) is 0 Å². The molecule has 1 aliphatic heterocycles. The molecule has 2 nitrogen and oxygen atoms in total. The lowest BCUT2D eigenvalue weighted by atomic mass is 9.93. The van der Waals surface area contributed by atoms with E-state index in [1.807, 2.05) is 0 Å². The van der Waals surface area contributed by atoms with Crippen LogP contribution in [-0.4, -0.2) is 36.2 Å². The molecule has 0 amide bonds. The number of ether oxygens (including phenoxy) is 1. The first-order valence-corrected chi connectivity index (χ1v) is 5.52. The first-order chi connectivity index (χ1) is 6.14. The molecule has 1 heterocycles. The monoisotopic (exact) mass is 185 g/mol. The van der Waals surface area contributed by atoms with Crippen molar-refractivity contribution in [2.75, 3.05) is 19.7 Å². The quantitative estimate of drug-likeness (QED) is 0.666. The summed E-state index contributed by atoms with van der Waals surface area (Å²) in [5, 5.41) is 0. The van der Waals surface area contributed by atoms with Gasteiger partial charge in [-0.3, -0.25) is 4.90 Å². The second-order valence-corrected chi connectivity index (χ2v) is 4.16. The van der Waals surface area contributed by atoms with Crippen molar-refractivity contribution in [2.24, 2.45) is 0 Å².